The normalized spacial score (nSPS) is 14.7. The average Bonchev–Trinajstić information content (AvgIpc) is 2.67. The van der Waals surface area contributed by atoms with E-state index in [2.05, 4.69) is 5.32 Å². The molecule has 19 heavy (non-hydrogen) atoms. The van der Waals surface area contributed by atoms with Crippen LogP contribution in [0.15, 0.2) is 18.2 Å². The first-order chi connectivity index (χ1) is 9.01. The third kappa shape index (κ3) is 2.73. The van der Waals surface area contributed by atoms with Gasteiger partial charge in [0.25, 0.3) is 0 Å². The number of ketones is 1. The van der Waals surface area contributed by atoms with E-state index in [1.807, 2.05) is 0 Å². The van der Waals surface area contributed by atoms with Gasteiger partial charge < -0.3 is 15.0 Å². The third-order valence-electron chi connectivity index (χ3n) is 2.77. The molecule has 2 amide bonds. The Labute approximate surface area is 110 Å². The van der Waals surface area contributed by atoms with Crippen molar-refractivity contribution in [2.45, 2.75) is 13.3 Å². The summed E-state index contributed by atoms with van der Waals surface area (Å²) in [6, 6.07) is 4.94. The van der Waals surface area contributed by atoms with Crippen LogP contribution in [0.25, 0.3) is 0 Å². The molecule has 1 saturated heterocycles. The van der Waals surface area contributed by atoms with Gasteiger partial charge in [0.1, 0.15) is 5.75 Å². The fourth-order valence-electron chi connectivity index (χ4n) is 1.99. The lowest BCUT2D eigenvalue weighted by Gasteiger charge is -2.19. The van der Waals surface area contributed by atoms with Crippen LogP contribution in [0.4, 0.5) is 11.4 Å². The number of rotatable bonds is 3. The molecule has 1 aromatic rings. The van der Waals surface area contributed by atoms with Crippen LogP contribution >= 0.6 is 0 Å². The number of nitrogens with one attached hydrogen (secondary N) is 1. The van der Waals surface area contributed by atoms with E-state index >= 15 is 0 Å². The van der Waals surface area contributed by atoms with E-state index in [0.29, 0.717) is 17.1 Å². The molecule has 1 N–H and O–H groups in total. The number of ether oxygens (including phenoxy) is 1. The number of amides is 2. The second-order valence-electron chi connectivity index (χ2n) is 4.26. The number of methoxy groups -OCH3 is 1. The zero-order chi connectivity index (χ0) is 14.0. The van der Waals surface area contributed by atoms with Crippen LogP contribution in [0.3, 0.4) is 0 Å². The first-order valence-corrected chi connectivity index (χ1v) is 5.79. The van der Waals surface area contributed by atoms with Crippen molar-refractivity contribution in [3.8, 4) is 5.75 Å². The molecule has 1 aliphatic heterocycles. The average molecular weight is 262 g/mol. The molecule has 0 aliphatic carbocycles. The van der Waals surface area contributed by atoms with Crippen molar-refractivity contribution in [2.24, 2.45) is 0 Å². The third-order valence-corrected chi connectivity index (χ3v) is 2.77. The van der Waals surface area contributed by atoms with Gasteiger partial charge in [-0.15, -0.1) is 0 Å². The Bertz CT molecular complexity index is 554. The number of Topliss-reactive ketones (excluding diaryl/α,β-unsaturated/α-hetero) is 1. The molecule has 100 valence electrons. The summed E-state index contributed by atoms with van der Waals surface area (Å²) in [6.07, 6.45) is -0.0898. The van der Waals surface area contributed by atoms with E-state index in [1.54, 1.807) is 18.2 Å². The topological polar surface area (TPSA) is 75.7 Å². The summed E-state index contributed by atoms with van der Waals surface area (Å²) >= 11 is 0. The van der Waals surface area contributed by atoms with E-state index in [0.717, 1.165) is 0 Å². The number of anilines is 2. The van der Waals surface area contributed by atoms with Crippen molar-refractivity contribution in [1.29, 1.82) is 0 Å². The lowest BCUT2D eigenvalue weighted by atomic mass is 10.2. The summed E-state index contributed by atoms with van der Waals surface area (Å²) in [5.41, 5.74) is 1.04. The highest BCUT2D eigenvalue weighted by Gasteiger charge is 2.30. The van der Waals surface area contributed by atoms with Crippen LogP contribution in [0.1, 0.15) is 13.3 Å². The van der Waals surface area contributed by atoms with Crippen molar-refractivity contribution in [2.75, 3.05) is 23.9 Å². The minimum absolute atomic E-state index is 0.0404. The highest BCUT2D eigenvalue weighted by atomic mass is 16.5. The lowest BCUT2D eigenvalue weighted by molar-refractivity contribution is -0.121. The molecule has 0 atom stereocenters. The van der Waals surface area contributed by atoms with E-state index in [4.69, 9.17) is 4.74 Å². The molecular formula is C13H14N2O4. The van der Waals surface area contributed by atoms with Crippen LogP contribution in [0.5, 0.6) is 5.75 Å². The quantitative estimate of drug-likeness (QED) is 0.823. The molecule has 0 unspecified atom stereocenters. The van der Waals surface area contributed by atoms with Crippen molar-refractivity contribution in [3.05, 3.63) is 18.2 Å². The Hall–Kier alpha value is -2.37. The minimum atomic E-state index is -0.261. The van der Waals surface area contributed by atoms with Crippen LogP contribution < -0.4 is 15.0 Å². The summed E-state index contributed by atoms with van der Waals surface area (Å²) in [5, 5.41) is 2.63. The van der Waals surface area contributed by atoms with Gasteiger partial charge in [-0.2, -0.15) is 0 Å². The Balaban J connectivity index is 2.38. The lowest BCUT2D eigenvalue weighted by Crippen LogP contribution is -2.25. The first kappa shape index (κ1) is 13.1. The monoisotopic (exact) mass is 262 g/mol. The predicted octanol–water partition coefficient (Wildman–Crippen LogP) is 0.959. The van der Waals surface area contributed by atoms with Gasteiger partial charge in [0.2, 0.25) is 11.8 Å². The molecule has 1 aromatic carbocycles. The molecule has 6 nitrogen and oxygen atoms in total. The number of hydrogen-bond donors (Lipinski definition) is 1. The second kappa shape index (κ2) is 5.09. The largest absolute Gasteiger partial charge is 0.495 e. The number of carbonyl (C=O) groups is 3. The van der Waals surface area contributed by atoms with Crippen LogP contribution in [0, 0.1) is 0 Å². The Kier molecular flexibility index (Phi) is 3.50. The maximum atomic E-state index is 11.7. The van der Waals surface area contributed by atoms with Crippen LogP contribution in [-0.2, 0) is 14.4 Å². The molecular weight excluding hydrogens is 248 g/mol. The number of nitrogens with zero attached hydrogens (tertiary/aromatic N) is 1. The molecule has 0 bridgehead atoms. The van der Waals surface area contributed by atoms with Crippen molar-refractivity contribution >= 4 is 29.0 Å². The van der Waals surface area contributed by atoms with Gasteiger partial charge in [-0.05, 0) is 18.2 Å². The molecule has 0 radical (unpaired) electrons. The Morgan fingerprint density at radius 3 is 2.63 bits per heavy atom. The Morgan fingerprint density at radius 2 is 2.11 bits per heavy atom. The summed E-state index contributed by atoms with van der Waals surface area (Å²) in [7, 11) is 1.49. The maximum absolute atomic E-state index is 11.7. The van der Waals surface area contributed by atoms with Crippen molar-refractivity contribution < 1.29 is 19.1 Å². The molecule has 1 aliphatic rings. The zero-order valence-corrected chi connectivity index (χ0v) is 10.7. The molecule has 0 saturated carbocycles. The van der Waals surface area contributed by atoms with E-state index in [9.17, 15) is 14.4 Å². The fraction of sp³-hybridized carbons (Fsp3) is 0.308. The summed E-state index contributed by atoms with van der Waals surface area (Å²) in [4.78, 5) is 35.5. The van der Waals surface area contributed by atoms with Crippen LogP contribution in [-0.4, -0.2) is 31.3 Å². The second-order valence-corrected chi connectivity index (χ2v) is 4.26. The van der Waals surface area contributed by atoms with Gasteiger partial charge in [0.05, 0.1) is 25.8 Å². The molecule has 0 spiro atoms. The summed E-state index contributed by atoms with van der Waals surface area (Å²) in [6.45, 7) is 1.44. The summed E-state index contributed by atoms with van der Waals surface area (Å²) < 4.78 is 5.18. The zero-order valence-electron chi connectivity index (χ0n) is 10.7. The Morgan fingerprint density at radius 1 is 1.37 bits per heavy atom. The predicted molar refractivity (Wildman–Crippen MR) is 69.3 cm³/mol. The highest BCUT2D eigenvalue weighted by molar-refractivity contribution is 6.15. The van der Waals surface area contributed by atoms with Crippen molar-refractivity contribution in [3.63, 3.8) is 0 Å². The molecule has 1 heterocycles. The van der Waals surface area contributed by atoms with Gasteiger partial charge in [-0.1, -0.05) is 0 Å². The maximum Gasteiger partial charge on any atom is 0.235 e. The highest BCUT2D eigenvalue weighted by Crippen LogP contribution is 2.33. The summed E-state index contributed by atoms with van der Waals surface area (Å²) in [5.74, 6) is -0.114. The molecule has 2 rings (SSSR count). The van der Waals surface area contributed by atoms with E-state index in [-0.39, 0.29) is 30.6 Å². The minimum Gasteiger partial charge on any atom is -0.495 e. The number of carbonyl (C=O) groups excluding carboxylic acids is 3. The fourth-order valence-corrected chi connectivity index (χ4v) is 1.99. The van der Waals surface area contributed by atoms with Gasteiger partial charge in [-0.3, -0.25) is 14.4 Å². The first-order valence-electron chi connectivity index (χ1n) is 5.79. The molecule has 0 aromatic heterocycles. The van der Waals surface area contributed by atoms with E-state index in [1.165, 1.54) is 18.9 Å². The van der Waals surface area contributed by atoms with Gasteiger partial charge in [0, 0.05) is 12.6 Å². The van der Waals surface area contributed by atoms with E-state index < -0.39 is 0 Å². The van der Waals surface area contributed by atoms with Gasteiger partial charge >= 0.3 is 0 Å². The molecule has 1 fully saturated rings. The SMILES string of the molecule is COc1ccc(NC(C)=O)cc1N1CC(=O)CC1=O. The van der Waals surface area contributed by atoms with Crippen molar-refractivity contribution in [1.82, 2.24) is 0 Å². The standard InChI is InChI=1S/C13H14N2O4/c1-8(16)14-9-3-4-12(19-2)11(5-9)15-7-10(17)6-13(15)18/h3-5H,6-7H2,1-2H3,(H,14,16). The van der Waals surface area contributed by atoms with Crippen LogP contribution in [0.2, 0.25) is 0 Å². The number of benzene rings is 1. The molecule has 6 heteroatoms. The smallest absolute Gasteiger partial charge is 0.235 e. The number of hydrogen-bond acceptors (Lipinski definition) is 4. The van der Waals surface area contributed by atoms with Gasteiger partial charge in [-0.25, -0.2) is 0 Å². The van der Waals surface area contributed by atoms with Gasteiger partial charge in [0.15, 0.2) is 5.78 Å².